The standard InChI is InChI=1S/C16H16O3/c1-11-9-14(18-2)15(19-3)10-13(11)16(17)12-7-5-4-6-8-12/h4-10H,1-3H3. The zero-order valence-electron chi connectivity index (χ0n) is 11.3. The molecular formula is C16H16O3. The summed E-state index contributed by atoms with van der Waals surface area (Å²) in [6, 6.07) is 12.7. The minimum Gasteiger partial charge on any atom is -0.493 e. The van der Waals surface area contributed by atoms with Gasteiger partial charge in [0.15, 0.2) is 17.3 Å². The minimum absolute atomic E-state index is 0.0148. The van der Waals surface area contributed by atoms with Crippen LogP contribution in [0, 0.1) is 6.92 Å². The SMILES string of the molecule is COc1cc(C)c(C(=O)c2ccccc2)cc1OC. The molecule has 0 fully saturated rings. The fraction of sp³-hybridized carbons (Fsp3) is 0.188. The van der Waals surface area contributed by atoms with Crippen molar-refractivity contribution in [3.63, 3.8) is 0 Å². The van der Waals surface area contributed by atoms with Gasteiger partial charge in [0.05, 0.1) is 14.2 Å². The van der Waals surface area contributed by atoms with Gasteiger partial charge in [0, 0.05) is 11.1 Å². The summed E-state index contributed by atoms with van der Waals surface area (Å²) in [5.74, 6) is 1.18. The van der Waals surface area contributed by atoms with Crippen LogP contribution in [-0.4, -0.2) is 20.0 Å². The molecule has 0 atom stereocenters. The lowest BCUT2D eigenvalue weighted by molar-refractivity contribution is 0.103. The van der Waals surface area contributed by atoms with Gasteiger partial charge in [-0.2, -0.15) is 0 Å². The van der Waals surface area contributed by atoms with Crippen LogP contribution in [0.4, 0.5) is 0 Å². The Labute approximate surface area is 112 Å². The van der Waals surface area contributed by atoms with Gasteiger partial charge >= 0.3 is 0 Å². The molecule has 0 saturated carbocycles. The highest BCUT2D eigenvalue weighted by Gasteiger charge is 2.15. The van der Waals surface area contributed by atoms with Gasteiger partial charge in [-0.3, -0.25) is 4.79 Å². The van der Waals surface area contributed by atoms with Crippen molar-refractivity contribution in [3.05, 3.63) is 59.2 Å². The Morgan fingerprint density at radius 1 is 0.947 bits per heavy atom. The van der Waals surface area contributed by atoms with Crippen LogP contribution in [0.3, 0.4) is 0 Å². The van der Waals surface area contributed by atoms with Gasteiger partial charge < -0.3 is 9.47 Å². The average molecular weight is 256 g/mol. The van der Waals surface area contributed by atoms with E-state index in [2.05, 4.69) is 0 Å². The van der Waals surface area contributed by atoms with Crippen molar-refractivity contribution in [2.75, 3.05) is 14.2 Å². The van der Waals surface area contributed by atoms with Crippen molar-refractivity contribution >= 4 is 5.78 Å². The van der Waals surface area contributed by atoms with Crippen molar-refractivity contribution in [3.8, 4) is 11.5 Å². The summed E-state index contributed by atoms with van der Waals surface area (Å²) in [6.07, 6.45) is 0. The first kappa shape index (κ1) is 13.1. The van der Waals surface area contributed by atoms with Gasteiger partial charge in [-0.15, -0.1) is 0 Å². The Morgan fingerprint density at radius 3 is 2.11 bits per heavy atom. The number of methoxy groups -OCH3 is 2. The Hall–Kier alpha value is -2.29. The highest BCUT2D eigenvalue weighted by Crippen LogP contribution is 2.31. The van der Waals surface area contributed by atoms with E-state index < -0.39 is 0 Å². The maximum absolute atomic E-state index is 12.4. The number of benzene rings is 2. The van der Waals surface area contributed by atoms with E-state index in [1.807, 2.05) is 31.2 Å². The van der Waals surface area contributed by atoms with Crippen molar-refractivity contribution in [2.24, 2.45) is 0 Å². The van der Waals surface area contributed by atoms with Crippen LogP contribution in [0.1, 0.15) is 21.5 Å². The van der Waals surface area contributed by atoms with Crippen LogP contribution in [0.25, 0.3) is 0 Å². The Kier molecular flexibility index (Phi) is 3.85. The normalized spacial score (nSPS) is 10.1. The summed E-state index contributed by atoms with van der Waals surface area (Å²) >= 11 is 0. The van der Waals surface area contributed by atoms with Crippen molar-refractivity contribution in [2.45, 2.75) is 6.92 Å². The molecule has 0 aliphatic carbocycles. The monoisotopic (exact) mass is 256 g/mol. The predicted molar refractivity (Wildman–Crippen MR) is 74.2 cm³/mol. The third-order valence-corrected chi connectivity index (χ3v) is 3.01. The molecule has 0 unspecified atom stereocenters. The lowest BCUT2D eigenvalue weighted by Gasteiger charge is -2.12. The van der Waals surface area contributed by atoms with Gasteiger partial charge in [0.2, 0.25) is 0 Å². The average Bonchev–Trinajstić information content (AvgIpc) is 2.47. The molecule has 3 heteroatoms. The summed E-state index contributed by atoms with van der Waals surface area (Å²) < 4.78 is 10.5. The van der Waals surface area contributed by atoms with Gasteiger partial charge in [0.25, 0.3) is 0 Å². The van der Waals surface area contributed by atoms with E-state index >= 15 is 0 Å². The molecule has 0 amide bonds. The van der Waals surface area contributed by atoms with Crippen LogP contribution >= 0.6 is 0 Å². The predicted octanol–water partition coefficient (Wildman–Crippen LogP) is 3.24. The molecule has 0 heterocycles. The quantitative estimate of drug-likeness (QED) is 0.788. The second-order valence-corrected chi connectivity index (χ2v) is 4.22. The summed E-state index contributed by atoms with van der Waals surface area (Å²) in [5, 5.41) is 0. The lowest BCUT2D eigenvalue weighted by atomic mass is 9.98. The topological polar surface area (TPSA) is 35.5 Å². The van der Waals surface area contributed by atoms with E-state index in [0.29, 0.717) is 22.6 Å². The first-order chi connectivity index (χ1) is 9.17. The van der Waals surface area contributed by atoms with Crippen LogP contribution in [0.5, 0.6) is 11.5 Å². The molecule has 3 nitrogen and oxygen atoms in total. The molecule has 2 aromatic rings. The van der Waals surface area contributed by atoms with E-state index in [9.17, 15) is 4.79 Å². The summed E-state index contributed by atoms with van der Waals surface area (Å²) in [7, 11) is 3.14. The third kappa shape index (κ3) is 2.60. The molecule has 0 radical (unpaired) electrons. The zero-order valence-corrected chi connectivity index (χ0v) is 11.3. The fourth-order valence-corrected chi connectivity index (χ4v) is 1.97. The highest BCUT2D eigenvalue weighted by atomic mass is 16.5. The van der Waals surface area contributed by atoms with E-state index in [4.69, 9.17) is 9.47 Å². The minimum atomic E-state index is -0.0148. The molecule has 0 bridgehead atoms. The number of hydrogen-bond donors (Lipinski definition) is 0. The molecule has 0 saturated heterocycles. The molecule has 98 valence electrons. The fourth-order valence-electron chi connectivity index (χ4n) is 1.97. The largest absolute Gasteiger partial charge is 0.493 e. The number of rotatable bonds is 4. The number of aryl methyl sites for hydroxylation is 1. The summed E-state index contributed by atoms with van der Waals surface area (Å²) in [4.78, 5) is 12.4. The van der Waals surface area contributed by atoms with Crippen molar-refractivity contribution in [1.82, 2.24) is 0 Å². The van der Waals surface area contributed by atoms with Crippen LogP contribution in [0.15, 0.2) is 42.5 Å². The van der Waals surface area contributed by atoms with Gasteiger partial charge in [-0.05, 0) is 24.6 Å². The first-order valence-corrected chi connectivity index (χ1v) is 5.99. The number of ether oxygens (including phenoxy) is 2. The van der Waals surface area contributed by atoms with Gasteiger partial charge in [-0.25, -0.2) is 0 Å². The van der Waals surface area contributed by atoms with Crippen molar-refractivity contribution in [1.29, 1.82) is 0 Å². The molecule has 0 aromatic heterocycles. The highest BCUT2D eigenvalue weighted by molar-refractivity contribution is 6.10. The number of carbonyl (C=O) groups is 1. The summed E-state index contributed by atoms with van der Waals surface area (Å²) in [6.45, 7) is 1.89. The maximum atomic E-state index is 12.4. The lowest BCUT2D eigenvalue weighted by Crippen LogP contribution is -2.05. The van der Waals surface area contributed by atoms with Crippen LogP contribution in [-0.2, 0) is 0 Å². The van der Waals surface area contributed by atoms with Crippen LogP contribution < -0.4 is 9.47 Å². The van der Waals surface area contributed by atoms with Gasteiger partial charge in [0.1, 0.15) is 0 Å². The van der Waals surface area contributed by atoms with Crippen molar-refractivity contribution < 1.29 is 14.3 Å². The van der Waals surface area contributed by atoms with E-state index in [0.717, 1.165) is 5.56 Å². The molecule has 2 rings (SSSR count). The number of hydrogen-bond acceptors (Lipinski definition) is 3. The van der Waals surface area contributed by atoms with Crippen LogP contribution in [0.2, 0.25) is 0 Å². The Balaban J connectivity index is 2.48. The molecule has 0 spiro atoms. The molecule has 19 heavy (non-hydrogen) atoms. The molecule has 0 N–H and O–H groups in total. The third-order valence-electron chi connectivity index (χ3n) is 3.01. The molecule has 0 aliphatic rings. The smallest absolute Gasteiger partial charge is 0.193 e. The molecule has 2 aromatic carbocycles. The number of ketones is 1. The Bertz CT molecular complexity index is 588. The molecule has 0 aliphatic heterocycles. The van der Waals surface area contributed by atoms with E-state index in [-0.39, 0.29) is 5.78 Å². The second-order valence-electron chi connectivity index (χ2n) is 4.22. The van der Waals surface area contributed by atoms with E-state index in [1.54, 1.807) is 32.4 Å². The summed E-state index contributed by atoms with van der Waals surface area (Å²) in [5.41, 5.74) is 2.16. The van der Waals surface area contributed by atoms with Gasteiger partial charge in [-0.1, -0.05) is 30.3 Å². The molecular weight excluding hydrogens is 240 g/mol. The first-order valence-electron chi connectivity index (χ1n) is 5.99. The zero-order chi connectivity index (χ0) is 13.8. The number of carbonyl (C=O) groups excluding carboxylic acids is 1. The second kappa shape index (κ2) is 5.57. The van der Waals surface area contributed by atoms with E-state index in [1.165, 1.54) is 0 Å². The Morgan fingerprint density at radius 2 is 1.53 bits per heavy atom. The maximum Gasteiger partial charge on any atom is 0.193 e.